The number of fused-ring (bicyclic) bond motifs is 5. The number of amides is 1. The number of aliphatic hydroxyl groups is 1. The third-order valence-corrected chi connectivity index (χ3v) is 7.42. The number of alkyl carbamates (subject to hydrolysis) is 1. The van der Waals surface area contributed by atoms with Crippen LogP contribution in [0.2, 0.25) is 0 Å². The second kappa shape index (κ2) is 9.67. The summed E-state index contributed by atoms with van der Waals surface area (Å²) in [4.78, 5) is 12.6. The largest absolute Gasteiger partial charge is 0.449 e. The molecule has 0 aromatic heterocycles. The van der Waals surface area contributed by atoms with E-state index in [1.54, 1.807) is 0 Å². The van der Waals surface area contributed by atoms with Gasteiger partial charge in [-0.3, -0.25) is 0 Å². The topological polar surface area (TPSA) is 86.3 Å². The van der Waals surface area contributed by atoms with Crippen LogP contribution in [0.15, 0.2) is 78.9 Å². The molecule has 0 radical (unpaired) electrons. The molecule has 3 aromatic carbocycles. The molecule has 2 bridgehead atoms. The number of nitrogens with one attached hydrogen (secondary N) is 1. The average molecular weight is 488 g/mol. The first-order chi connectivity index (χ1) is 17.7. The first-order valence-electron chi connectivity index (χ1n) is 12.3. The summed E-state index contributed by atoms with van der Waals surface area (Å²) in [6.07, 6.45) is -1.75. The van der Waals surface area contributed by atoms with Crippen LogP contribution in [0.3, 0.4) is 0 Å². The lowest BCUT2D eigenvalue weighted by Crippen LogP contribution is -2.46. The smallest absolute Gasteiger partial charge is 0.407 e. The Morgan fingerprint density at radius 3 is 2.33 bits per heavy atom. The lowest BCUT2D eigenvalue weighted by Gasteiger charge is -2.29. The number of carbonyl (C=O) groups excluding carboxylic acids is 1. The predicted molar refractivity (Wildman–Crippen MR) is 133 cm³/mol. The van der Waals surface area contributed by atoms with Gasteiger partial charge in [0.2, 0.25) is 0 Å². The highest BCUT2D eigenvalue weighted by molar-refractivity contribution is 5.79. The Morgan fingerprint density at radius 1 is 0.972 bits per heavy atom. The van der Waals surface area contributed by atoms with E-state index in [9.17, 15) is 9.90 Å². The summed E-state index contributed by atoms with van der Waals surface area (Å²) in [5, 5.41) is 12.9. The number of hydrogen-bond donors (Lipinski definition) is 2. The number of hydrogen-bond acceptors (Lipinski definition) is 6. The fraction of sp³-hybridized carbons (Fsp3) is 0.345. The maximum absolute atomic E-state index is 12.6. The summed E-state index contributed by atoms with van der Waals surface area (Å²) in [5.41, 5.74) is 4.81. The van der Waals surface area contributed by atoms with Crippen molar-refractivity contribution < 1.29 is 28.8 Å². The highest BCUT2D eigenvalue weighted by Gasteiger charge is 2.62. The van der Waals surface area contributed by atoms with Crippen molar-refractivity contribution in [1.82, 2.24) is 5.32 Å². The normalized spacial score (nSPS) is 26.0. The van der Waals surface area contributed by atoms with Gasteiger partial charge in [-0.1, -0.05) is 78.9 Å². The van der Waals surface area contributed by atoms with Gasteiger partial charge in [0.25, 0.3) is 0 Å². The van der Waals surface area contributed by atoms with Gasteiger partial charge in [0.05, 0.1) is 19.8 Å². The lowest BCUT2D eigenvalue weighted by molar-refractivity contribution is -0.162. The molecule has 0 unspecified atom stereocenters. The molecule has 7 nitrogen and oxygen atoms in total. The SMILES string of the molecule is O=C(NC[C@@H]1O[C@@]2(CO)CO[C@@H]1[C@@H]2OCc1ccccc1)OCC1c2ccccc2-c2ccccc21. The van der Waals surface area contributed by atoms with Gasteiger partial charge in [0, 0.05) is 12.5 Å². The number of benzene rings is 3. The molecule has 3 aromatic rings. The van der Waals surface area contributed by atoms with Gasteiger partial charge >= 0.3 is 6.09 Å². The first kappa shape index (κ1) is 23.2. The van der Waals surface area contributed by atoms with Crippen molar-refractivity contribution in [1.29, 1.82) is 0 Å². The van der Waals surface area contributed by atoms with E-state index in [1.807, 2.05) is 54.6 Å². The van der Waals surface area contributed by atoms with Crippen molar-refractivity contribution in [3.8, 4) is 11.1 Å². The predicted octanol–water partition coefficient (Wildman–Crippen LogP) is 3.64. The fourth-order valence-corrected chi connectivity index (χ4v) is 5.65. The Morgan fingerprint density at radius 2 is 1.64 bits per heavy atom. The van der Waals surface area contributed by atoms with Gasteiger partial charge < -0.3 is 29.4 Å². The third kappa shape index (κ3) is 4.08. The summed E-state index contributed by atoms with van der Waals surface area (Å²) in [5.74, 6) is -0.00125. The monoisotopic (exact) mass is 487 g/mol. The van der Waals surface area contributed by atoms with Crippen molar-refractivity contribution in [3.05, 3.63) is 95.6 Å². The molecule has 186 valence electrons. The van der Waals surface area contributed by atoms with Gasteiger partial charge in [-0.15, -0.1) is 0 Å². The third-order valence-electron chi connectivity index (χ3n) is 7.42. The molecular formula is C29H29NO6. The van der Waals surface area contributed by atoms with Crippen LogP contribution in [-0.2, 0) is 25.6 Å². The Hall–Kier alpha value is -3.23. The minimum absolute atomic E-state index is 0.00125. The second-order valence-electron chi connectivity index (χ2n) is 9.58. The molecule has 2 fully saturated rings. The molecule has 0 spiro atoms. The van der Waals surface area contributed by atoms with Crippen LogP contribution in [0, 0.1) is 0 Å². The van der Waals surface area contributed by atoms with Gasteiger partial charge in [0.1, 0.15) is 30.5 Å². The maximum atomic E-state index is 12.6. The van der Waals surface area contributed by atoms with Crippen molar-refractivity contribution >= 4 is 6.09 Å². The van der Waals surface area contributed by atoms with E-state index in [2.05, 4.69) is 29.6 Å². The number of carbonyl (C=O) groups is 1. The zero-order valence-corrected chi connectivity index (χ0v) is 19.8. The summed E-state index contributed by atoms with van der Waals surface area (Å²) in [7, 11) is 0. The number of aliphatic hydroxyl groups excluding tert-OH is 1. The maximum Gasteiger partial charge on any atom is 0.407 e. The summed E-state index contributed by atoms with van der Waals surface area (Å²) >= 11 is 0. The Balaban J connectivity index is 1.05. The molecular weight excluding hydrogens is 458 g/mol. The molecule has 2 N–H and O–H groups in total. The van der Waals surface area contributed by atoms with Gasteiger partial charge in [-0.2, -0.15) is 0 Å². The lowest BCUT2D eigenvalue weighted by atomic mass is 9.98. The molecule has 0 saturated carbocycles. The van der Waals surface area contributed by atoms with Gasteiger partial charge in [-0.05, 0) is 27.8 Å². The second-order valence-corrected chi connectivity index (χ2v) is 9.58. The van der Waals surface area contributed by atoms with Crippen molar-refractivity contribution in [2.45, 2.75) is 36.4 Å². The van der Waals surface area contributed by atoms with E-state index >= 15 is 0 Å². The molecule has 6 rings (SSSR count). The van der Waals surface area contributed by atoms with E-state index in [0.29, 0.717) is 6.61 Å². The van der Waals surface area contributed by atoms with Crippen molar-refractivity contribution in [2.24, 2.45) is 0 Å². The van der Waals surface area contributed by atoms with Crippen molar-refractivity contribution in [2.75, 3.05) is 26.4 Å². The highest BCUT2D eigenvalue weighted by Crippen LogP contribution is 2.45. The molecule has 2 heterocycles. The molecule has 1 amide bonds. The molecule has 1 aliphatic carbocycles. The molecule has 3 aliphatic rings. The van der Waals surface area contributed by atoms with Crippen LogP contribution in [0.5, 0.6) is 0 Å². The van der Waals surface area contributed by atoms with E-state index < -0.39 is 23.9 Å². The zero-order chi connectivity index (χ0) is 24.5. The molecule has 2 aliphatic heterocycles. The van der Waals surface area contributed by atoms with Gasteiger partial charge in [0.15, 0.2) is 0 Å². The fourth-order valence-electron chi connectivity index (χ4n) is 5.65. The summed E-state index contributed by atoms with van der Waals surface area (Å²) in [6.45, 7) is 0.880. The van der Waals surface area contributed by atoms with Crippen LogP contribution in [0.4, 0.5) is 4.79 Å². The number of ether oxygens (including phenoxy) is 4. The Kier molecular flexibility index (Phi) is 6.23. The van der Waals surface area contributed by atoms with Crippen LogP contribution in [0.1, 0.15) is 22.6 Å². The quantitative estimate of drug-likeness (QED) is 0.505. The highest BCUT2D eigenvalue weighted by atomic mass is 16.7. The minimum atomic E-state index is -0.924. The molecule has 2 saturated heterocycles. The van der Waals surface area contributed by atoms with Crippen molar-refractivity contribution in [3.63, 3.8) is 0 Å². The summed E-state index contributed by atoms with van der Waals surface area (Å²) < 4.78 is 23.8. The Labute approximate surface area is 210 Å². The van der Waals surface area contributed by atoms with E-state index in [0.717, 1.165) is 5.56 Å². The van der Waals surface area contributed by atoms with Crippen LogP contribution < -0.4 is 5.32 Å². The van der Waals surface area contributed by atoms with Crippen LogP contribution in [0.25, 0.3) is 11.1 Å². The van der Waals surface area contributed by atoms with E-state index in [1.165, 1.54) is 22.3 Å². The minimum Gasteiger partial charge on any atom is -0.449 e. The average Bonchev–Trinajstić information content (AvgIpc) is 3.55. The first-order valence-corrected chi connectivity index (χ1v) is 12.3. The number of rotatable bonds is 8. The summed E-state index contributed by atoms with van der Waals surface area (Å²) in [6, 6.07) is 26.3. The van der Waals surface area contributed by atoms with Crippen LogP contribution >= 0.6 is 0 Å². The van der Waals surface area contributed by atoms with Crippen LogP contribution in [-0.4, -0.2) is 61.5 Å². The molecule has 36 heavy (non-hydrogen) atoms. The van der Waals surface area contributed by atoms with E-state index in [4.69, 9.17) is 18.9 Å². The van der Waals surface area contributed by atoms with E-state index in [-0.39, 0.29) is 38.4 Å². The van der Waals surface area contributed by atoms with Gasteiger partial charge in [-0.25, -0.2) is 4.79 Å². The Bertz CT molecular complexity index is 1190. The standard InChI is InChI=1S/C29H29NO6/c31-17-29-18-35-26(27(29)33-15-19-8-2-1-3-9-19)25(36-29)14-30-28(32)34-16-24-22-12-6-4-10-20(22)21-11-5-7-13-23(21)24/h1-13,24-27,31H,14-18H2,(H,30,32)/t25-,26-,27-,29-/m0/s1. The molecule has 4 atom stereocenters. The zero-order valence-electron chi connectivity index (χ0n) is 19.8. The molecule has 7 heteroatoms.